The lowest BCUT2D eigenvalue weighted by molar-refractivity contribution is 0.107. The van der Waals surface area contributed by atoms with Gasteiger partial charge in [-0.3, -0.25) is 4.90 Å². The number of ether oxygens (including phenoxy) is 2. The van der Waals surface area contributed by atoms with Gasteiger partial charge in [0.2, 0.25) is 0 Å². The van der Waals surface area contributed by atoms with E-state index >= 15 is 0 Å². The Hall–Kier alpha value is -1.91. The number of fused-ring (bicyclic) bond motifs is 3. The molecule has 0 unspecified atom stereocenters. The standard InChI is InChI=1S/C21H23ClF3N5O2/c22-18-15(25)16-12(7-26-18)19(30-4-5-31-9-13-14(24)17(13)30)28-20(27-16)32-10-21-2-1-3-29(21)8-11(23)6-21/h7,11,13-14,17H,1-6,8-10H2/t11-,13-,14+,17-,21+/m1/s1/i10D2. The molecule has 4 fully saturated rings. The maximum Gasteiger partial charge on any atom is 0.319 e. The zero-order valence-corrected chi connectivity index (χ0v) is 17.9. The van der Waals surface area contributed by atoms with Gasteiger partial charge in [0.15, 0.2) is 11.0 Å². The van der Waals surface area contributed by atoms with Crippen LogP contribution in [0.4, 0.5) is 19.0 Å². The molecule has 0 spiro atoms. The van der Waals surface area contributed by atoms with Crippen molar-refractivity contribution in [3.63, 3.8) is 0 Å². The lowest BCUT2D eigenvalue weighted by Gasteiger charge is -2.31. The van der Waals surface area contributed by atoms with E-state index in [0.717, 1.165) is 0 Å². The Labute approximate surface area is 190 Å². The molecule has 172 valence electrons. The van der Waals surface area contributed by atoms with Gasteiger partial charge in [0, 0.05) is 31.6 Å². The Morgan fingerprint density at radius 3 is 3.09 bits per heavy atom. The number of rotatable bonds is 4. The van der Waals surface area contributed by atoms with Gasteiger partial charge >= 0.3 is 6.01 Å². The Bertz CT molecular complexity index is 1150. The predicted octanol–water partition coefficient (Wildman–Crippen LogP) is 2.95. The monoisotopic (exact) mass is 471 g/mol. The molecule has 3 aliphatic heterocycles. The first-order valence-corrected chi connectivity index (χ1v) is 11.2. The van der Waals surface area contributed by atoms with Crippen molar-refractivity contribution in [2.45, 2.75) is 43.2 Å². The second kappa shape index (κ2) is 7.56. The molecule has 0 bridgehead atoms. The van der Waals surface area contributed by atoms with Crippen LogP contribution in [0.1, 0.15) is 22.0 Å². The molecule has 1 aliphatic carbocycles. The summed E-state index contributed by atoms with van der Waals surface area (Å²) in [6.07, 6.45) is 0.136. The van der Waals surface area contributed by atoms with E-state index in [4.69, 9.17) is 23.8 Å². The molecule has 0 amide bonds. The molecule has 3 saturated heterocycles. The summed E-state index contributed by atoms with van der Waals surface area (Å²) in [5, 5.41) is -0.200. The van der Waals surface area contributed by atoms with Crippen molar-refractivity contribution in [1.82, 2.24) is 19.9 Å². The lowest BCUT2D eigenvalue weighted by Crippen LogP contribution is -2.43. The van der Waals surface area contributed by atoms with Gasteiger partial charge in [0.05, 0.1) is 32.9 Å². The number of nitrogens with zero attached hydrogens (tertiary/aromatic N) is 5. The van der Waals surface area contributed by atoms with Crippen molar-refractivity contribution in [2.24, 2.45) is 5.92 Å². The molecule has 11 heteroatoms. The van der Waals surface area contributed by atoms with Crippen molar-refractivity contribution in [2.75, 3.05) is 44.3 Å². The second-order valence-corrected chi connectivity index (χ2v) is 9.27. The maximum atomic E-state index is 15.0. The van der Waals surface area contributed by atoms with Crippen molar-refractivity contribution in [3.8, 4) is 6.01 Å². The molecular weight excluding hydrogens is 447 g/mol. The van der Waals surface area contributed by atoms with E-state index in [1.807, 2.05) is 0 Å². The Morgan fingerprint density at radius 2 is 2.22 bits per heavy atom. The van der Waals surface area contributed by atoms with Crippen LogP contribution >= 0.6 is 11.6 Å². The molecular formula is C21H23ClF3N5O2. The van der Waals surface area contributed by atoms with E-state index in [1.54, 1.807) is 9.80 Å². The minimum atomic E-state index is -2.35. The summed E-state index contributed by atoms with van der Waals surface area (Å²) >= 11 is 5.89. The third-order valence-electron chi connectivity index (χ3n) is 6.99. The van der Waals surface area contributed by atoms with Crippen LogP contribution in [-0.2, 0) is 4.74 Å². The summed E-state index contributed by atoms with van der Waals surface area (Å²) in [5.74, 6) is -1.07. The van der Waals surface area contributed by atoms with Gasteiger partial charge in [-0.15, -0.1) is 0 Å². The van der Waals surface area contributed by atoms with Gasteiger partial charge < -0.3 is 14.4 Å². The summed E-state index contributed by atoms with van der Waals surface area (Å²) < 4.78 is 72.4. The fourth-order valence-corrected chi connectivity index (χ4v) is 5.49. The third kappa shape index (κ3) is 3.21. The highest BCUT2D eigenvalue weighted by Crippen LogP contribution is 2.45. The Balaban J connectivity index is 1.44. The van der Waals surface area contributed by atoms with Crippen LogP contribution in [0.5, 0.6) is 6.01 Å². The first-order chi connectivity index (χ1) is 16.2. The number of aromatic nitrogens is 3. The van der Waals surface area contributed by atoms with E-state index < -0.39 is 47.5 Å². The Morgan fingerprint density at radius 1 is 1.34 bits per heavy atom. The number of hydrogen-bond acceptors (Lipinski definition) is 7. The van der Waals surface area contributed by atoms with Crippen molar-refractivity contribution >= 4 is 28.3 Å². The molecule has 1 saturated carbocycles. The normalized spacial score (nSPS) is 35.8. The molecule has 7 nitrogen and oxygen atoms in total. The summed E-state index contributed by atoms with van der Waals surface area (Å²) in [4.78, 5) is 15.8. The number of halogens is 4. The zero-order valence-electron chi connectivity index (χ0n) is 19.1. The van der Waals surface area contributed by atoms with Crippen LogP contribution in [0, 0.1) is 11.7 Å². The van der Waals surface area contributed by atoms with E-state index in [9.17, 15) is 13.2 Å². The maximum absolute atomic E-state index is 15.0. The largest absolute Gasteiger partial charge is 0.461 e. The zero-order chi connectivity index (χ0) is 23.8. The van der Waals surface area contributed by atoms with Crippen LogP contribution < -0.4 is 9.64 Å². The molecule has 2 aromatic heterocycles. The number of pyridine rings is 1. The molecule has 0 radical (unpaired) electrons. The van der Waals surface area contributed by atoms with Crippen LogP contribution in [0.2, 0.25) is 5.15 Å². The molecule has 6 rings (SSSR count). The van der Waals surface area contributed by atoms with Gasteiger partial charge in [-0.05, 0) is 19.4 Å². The predicted molar refractivity (Wildman–Crippen MR) is 111 cm³/mol. The summed E-state index contributed by atoms with van der Waals surface area (Å²) in [5.41, 5.74) is -1.37. The molecule has 5 atom stereocenters. The van der Waals surface area contributed by atoms with Gasteiger partial charge in [0.25, 0.3) is 0 Å². The SMILES string of the molecule is [2H]C([2H])(Oc1nc(N2CCOC[C@@H]3[C@H](F)[C@@H]32)c2cnc(Cl)c(F)c2n1)[C@@]12CCCN1C[C@H](F)C2. The smallest absolute Gasteiger partial charge is 0.319 e. The highest BCUT2D eigenvalue weighted by atomic mass is 35.5. The van der Waals surface area contributed by atoms with Crippen molar-refractivity contribution < 1.29 is 25.4 Å². The summed E-state index contributed by atoms with van der Waals surface area (Å²) in [7, 11) is 0. The quantitative estimate of drug-likeness (QED) is 0.635. The van der Waals surface area contributed by atoms with E-state index in [-0.39, 0.29) is 42.2 Å². The first kappa shape index (κ1) is 18.5. The molecule has 0 N–H and O–H groups in total. The molecule has 0 aromatic carbocycles. The van der Waals surface area contributed by atoms with E-state index in [0.29, 0.717) is 32.5 Å². The molecule has 5 heterocycles. The summed E-state index contributed by atoms with van der Waals surface area (Å²) in [6, 6.07) is -0.926. The second-order valence-electron chi connectivity index (χ2n) is 8.91. The minimum absolute atomic E-state index is 0.0126. The molecule has 2 aromatic rings. The van der Waals surface area contributed by atoms with Gasteiger partial charge in [-0.1, -0.05) is 11.6 Å². The number of hydrogen-bond donors (Lipinski definition) is 0. The molecule has 4 aliphatic rings. The van der Waals surface area contributed by atoms with Crippen molar-refractivity contribution in [1.29, 1.82) is 0 Å². The fourth-order valence-electron chi connectivity index (χ4n) is 5.35. The number of alkyl halides is 2. The number of anilines is 1. The minimum Gasteiger partial charge on any atom is -0.461 e. The summed E-state index contributed by atoms with van der Waals surface area (Å²) in [6.45, 7) is -0.754. The highest BCUT2D eigenvalue weighted by molar-refractivity contribution is 6.30. The van der Waals surface area contributed by atoms with Crippen LogP contribution in [0.25, 0.3) is 10.9 Å². The van der Waals surface area contributed by atoms with Crippen LogP contribution in [0.15, 0.2) is 6.20 Å². The highest BCUT2D eigenvalue weighted by Gasteiger charge is 2.56. The van der Waals surface area contributed by atoms with Gasteiger partial charge in [-0.2, -0.15) is 9.97 Å². The van der Waals surface area contributed by atoms with Gasteiger partial charge in [-0.25, -0.2) is 18.2 Å². The average Bonchev–Trinajstić information content (AvgIpc) is 3.14. The van der Waals surface area contributed by atoms with E-state index in [2.05, 4.69) is 15.0 Å². The lowest BCUT2D eigenvalue weighted by atomic mass is 9.95. The van der Waals surface area contributed by atoms with Crippen LogP contribution in [-0.4, -0.2) is 83.2 Å². The third-order valence-corrected chi connectivity index (χ3v) is 7.25. The molecule has 32 heavy (non-hydrogen) atoms. The van der Waals surface area contributed by atoms with Gasteiger partial charge in [0.1, 0.15) is 30.2 Å². The first-order valence-electron chi connectivity index (χ1n) is 11.8. The van der Waals surface area contributed by atoms with Crippen molar-refractivity contribution in [3.05, 3.63) is 17.2 Å². The van der Waals surface area contributed by atoms with Crippen LogP contribution in [0.3, 0.4) is 0 Å². The van der Waals surface area contributed by atoms with E-state index in [1.165, 1.54) is 6.20 Å². The topological polar surface area (TPSA) is 63.6 Å². The fraction of sp³-hybridized carbons (Fsp3) is 0.667. The average molecular weight is 472 g/mol. The Kier molecular flexibility index (Phi) is 4.37.